The highest BCUT2D eigenvalue weighted by Gasteiger charge is 2.27. The molecule has 0 spiro atoms. The van der Waals surface area contributed by atoms with Crippen LogP contribution in [0.25, 0.3) is 0 Å². The Balaban J connectivity index is 1.67. The molecule has 28 heavy (non-hydrogen) atoms. The monoisotopic (exact) mass is 392 g/mol. The van der Waals surface area contributed by atoms with Gasteiger partial charge in [-0.3, -0.25) is 9.59 Å². The largest absolute Gasteiger partial charge is 0.353 e. The second-order valence-electron chi connectivity index (χ2n) is 6.36. The summed E-state index contributed by atoms with van der Waals surface area (Å²) in [7, 11) is 0. The number of piperazine rings is 1. The van der Waals surface area contributed by atoms with Crippen LogP contribution in [0.1, 0.15) is 6.92 Å². The predicted octanol–water partition coefficient (Wildman–Crippen LogP) is 2.20. The van der Waals surface area contributed by atoms with Crippen LogP contribution in [0.2, 0.25) is 0 Å². The molecular weight excluding hydrogens is 373 g/mol. The van der Waals surface area contributed by atoms with Gasteiger partial charge in [-0.2, -0.15) is 0 Å². The minimum atomic E-state index is -1.68. The van der Waals surface area contributed by atoms with E-state index in [1.807, 2.05) is 23.1 Å². The zero-order valence-electron chi connectivity index (χ0n) is 15.2. The Morgan fingerprint density at radius 3 is 2.36 bits per heavy atom. The number of benzene rings is 1. The molecule has 1 aliphatic heterocycles. The van der Waals surface area contributed by atoms with Crippen molar-refractivity contribution in [3.63, 3.8) is 0 Å². The maximum absolute atomic E-state index is 14.1. The van der Waals surface area contributed by atoms with E-state index < -0.39 is 41.5 Å². The van der Waals surface area contributed by atoms with Crippen LogP contribution in [0.15, 0.2) is 36.5 Å². The molecule has 1 aromatic heterocycles. The van der Waals surface area contributed by atoms with Crippen molar-refractivity contribution < 1.29 is 22.8 Å². The van der Waals surface area contributed by atoms with Crippen molar-refractivity contribution in [2.24, 2.45) is 0 Å². The molecule has 1 aromatic carbocycles. The number of hydrogen-bond acceptors (Lipinski definition) is 4. The maximum atomic E-state index is 14.1. The minimum Gasteiger partial charge on any atom is -0.353 e. The third kappa shape index (κ3) is 4.08. The Labute approximate surface area is 160 Å². The van der Waals surface area contributed by atoms with E-state index in [0.717, 1.165) is 29.8 Å². The van der Waals surface area contributed by atoms with Crippen molar-refractivity contribution in [1.29, 1.82) is 0 Å². The third-order valence-corrected chi connectivity index (χ3v) is 4.58. The molecule has 1 saturated heterocycles. The summed E-state index contributed by atoms with van der Waals surface area (Å²) in [6.07, 6.45) is 1.69. The van der Waals surface area contributed by atoms with Gasteiger partial charge in [-0.25, -0.2) is 18.2 Å². The highest BCUT2D eigenvalue weighted by atomic mass is 19.2. The Bertz CT molecular complexity index is 871. The molecule has 0 bridgehead atoms. The number of rotatable bonds is 4. The van der Waals surface area contributed by atoms with E-state index in [9.17, 15) is 22.8 Å². The van der Waals surface area contributed by atoms with Crippen LogP contribution >= 0.6 is 0 Å². The molecule has 0 saturated carbocycles. The summed E-state index contributed by atoms with van der Waals surface area (Å²) in [5.41, 5.74) is -0.466. The number of nitrogens with zero attached hydrogens (tertiary/aromatic N) is 4. The molecule has 0 unspecified atom stereocenters. The molecule has 2 aromatic rings. The highest BCUT2D eigenvalue weighted by Crippen LogP contribution is 2.24. The Morgan fingerprint density at radius 1 is 1.04 bits per heavy atom. The van der Waals surface area contributed by atoms with Crippen molar-refractivity contribution >= 4 is 23.3 Å². The topological polar surface area (TPSA) is 56.8 Å². The summed E-state index contributed by atoms with van der Waals surface area (Å²) in [6, 6.07) is 7.24. The summed E-state index contributed by atoms with van der Waals surface area (Å²) in [4.78, 5) is 33.2. The van der Waals surface area contributed by atoms with Gasteiger partial charge in [-0.15, -0.1) is 0 Å². The molecule has 9 heteroatoms. The van der Waals surface area contributed by atoms with Gasteiger partial charge in [-0.1, -0.05) is 6.07 Å². The molecule has 1 fully saturated rings. The zero-order chi connectivity index (χ0) is 20.3. The number of carbonyl (C=O) groups is 2. The molecule has 148 valence electrons. The fraction of sp³-hybridized carbons (Fsp3) is 0.316. The lowest BCUT2D eigenvalue weighted by Gasteiger charge is -2.36. The Hall–Kier alpha value is -3.10. The van der Waals surface area contributed by atoms with Gasteiger partial charge in [0.2, 0.25) is 11.8 Å². The van der Waals surface area contributed by atoms with Crippen LogP contribution < -0.4 is 9.80 Å². The molecule has 0 atom stereocenters. The summed E-state index contributed by atoms with van der Waals surface area (Å²) < 4.78 is 40.7. The first-order valence-electron chi connectivity index (χ1n) is 8.74. The summed E-state index contributed by atoms with van der Waals surface area (Å²) >= 11 is 0. The SMILES string of the molecule is CC(=O)N(CC(=O)N1CCN(c2ccccn2)CC1)c1ccc(F)c(F)c1F. The molecule has 0 aliphatic carbocycles. The second-order valence-corrected chi connectivity index (χ2v) is 6.36. The van der Waals surface area contributed by atoms with Gasteiger partial charge in [0.15, 0.2) is 17.5 Å². The highest BCUT2D eigenvalue weighted by molar-refractivity contribution is 5.97. The van der Waals surface area contributed by atoms with Crippen LogP contribution in [0, 0.1) is 17.5 Å². The van der Waals surface area contributed by atoms with Gasteiger partial charge < -0.3 is 14.7 Å². The third-order valence-electron chi connectivity index (χ3n) is 4.58. The first-order chi connectivity index (χ1) is 13.4. The summed E-state index contributed by atoms with van der Waals surface area (Å²) in [5, 5.41) is 0. The van der Waals surface area contributed by atoms with E-state index >= 15 is 0 Å². The zero-order valence-corrected chi connectivity index (χ0v) is 15.2. The van der Waals surface area contributed by atoms with Crippen molar-refractivity contribution in [2.75, 3.05) is 42.5 Å². The van der Waals surface area contributed by atoms with E-state index in [4.69, 9.17) is 0 Å². The van der Waals surface area contributed by atoms with Crippen LogP contribution in [0.5, 0.6) is 0 Å². The first-order valence-corrected chi connectivity index (χ1v) is 8.74. The van der Waals surface area contributed by atoms with Crippen molar-refractivity contribution in [3.8, 4) is 0 Å². The number of halogens is 3. The average Bonchev–Trinajstić information content (AvgIpc) is 2.71. The van der Waals surface area contributed by atoms with Crippen LogP contribution in [0.3, 0.4) is 0 Å². The van der Waals surface area contributed by atoms with Crippen molar-refractivity contribution in [2.45, 2.75) is 6.92 Å². The number of carbonyl (C=O) groups excluding carboxylic acids is 2. The van der Waals surface area contributed by atoms with E-state index in [2.05, 4.69) is 4.98 Å². The van der Waals surface area contributed by atoms with Gasteiger partial charge in [-0.05, 0) is 24.3 Å². The van der Waals surface area contributed by atoms with Crippen molar-refractivity contribution in [3.05, 3.63) is 54.0 Å². The molecular formula is C19H19F3N4O2. The smallest absolute Gasteiger partial charge is 0.242 e. The number of anilines is 2. The summed E-state index contributed by atoms with van der Waals surface area (Å²) in [6.45, 7) is 2.60. The van der Waals surface area contributed by atoms with Gasteiger partial charge in [0.05, 0.1) is 5.69 Å². The van der Waals surface area contributed by atoms with Gasteiger partial charge in [0.1, 0.15) is 12.4 Å². The van der Waals surface area contributed by atoms with E-state index in [1.54, 1.807) is 11.1 Å². The fourth-order valence-corrected chi connectivity index (χ4v) is 3.05. The summed E-state index contributed by atoms with van der Waals surface area (Å²) in [5.74, 6) is -4.78. The first kappa shape index (κ1) is 19.7. The lowest BCUT2D eigenvalue weighted by Crippen LogP contribution is -2.52. The predicted molar refractivity (Wildman–Crippen MR) is 97.4 cm³/mol. The standard InChI is InChI=1S/C19H19F3N4O2/c1-13(27)26(15-6-5-14(20)18(21)19(15)22)12-17(28)25-10-8-24(9-11-25)16-4-2-3-7-23-16/h2-7H,8-12H2,1H3. The van der Waals surface area contributed by atoms with E-state index in [-0.39, 0.29) is 0 Å². The molecule has 3 rings (SSSR count). The average molecular weight is 392 g/mol. The number of hydrogen-bond donors (Lipinski definition) is 0. The van der Waals surface area contributed by atoms with E-state index in [0.29, 0.717) is 26.2 Å². The van der Waals surface area contributed by atoms with Crippen LogP contribution in [-0.4, -0.2) is 54.4 Å². The molecule has 6 nitrogen and oxygen atoms in total. The van der Waals surface area contributed by atoms with Crippen LogP contribution in [-0.2, 0) is 9.59 Å². The molecule has 2 amide bonds. The Kier molecular flexibility index (Phi) is 5.81. The van der Waals surface area contributed by atoms with E-state index in [1.165, 1.54) is 0 Å². The maximum Gasteiger partial charge on any atom is 0.242 e. The minimum absolute atomic E-state index is 0.403. The van der Waals surface area contributed by atoms with Gasteiger partial charge in [0.25, 0.3) is 0 Å². The van der Waals surface area contributed by atoms with Crippen molar-refractivity contribution in [1.82, 2.24) is 9.88 Å². The van der Waals surface area contributed by atoms with Gasteiger partial charge >= 0.3 is 0 Å². The molecule has 1 aliphatic rings. The number of amides is 2. The number of pyridine rings is 1. The lowest BCUT2D eigenvalue weighted by molar-refractivity contribution is -0.131. The van der Waals surface area contributed by atoms with Crippen LogP contribution in [0.4, 0.5) is 24.7 Å². The quantitative estimate of drug-likeness (QED) is 0.749. The second kappa shape index (κ2) is 8.28. The molecule has 0 N–H and O–H groups in total. The molecule has 2 heterocycles. The Morgan fingerprint density at radius 2 is 1.75 bits per heavy atom. The number of aromatic nitrogens is 1. The lowest BCUT2D eigenvalue weighted by atomic mass is 10.2. The normalized spacial score (nSPS) is 14.1. The van der Waals surface area contributed by atoms with Gasteiger partial charge in [0, 0.05) is 39.3 Å². The molecule has 0 radical (unpaired) electrons. The fourth-order valence-electron chi connectivity index (χ4n) is 3.05.